The van der Waals surface area contributed by atoms with Gasteiger partial charge in [0.1, 0.15) is 0 Å². The van der Waals surface area contributed by atoms with Crippen molar-refractivity contribution in [2.24, 2.45) is 5.92 Å². The van der Waals surface area contributed by atoms with E-state index in [9.17, 15) is 4.79 Å². The molecule has 0 saturated heterocycles. The quantitative estimate of drug-likeness (QED) is 0.855. The Morgan fingerprint density at radius 3 is 2.20 bits per heavy atom. The zero-order valence-electron chi connectivity index (χ0n) is 13.0. The molecule has 1 atom stereocenters. The van der Waals surface area contributed by atoms with E-state index >= 15 is 0 Å². The van der Waals surface area contributed by atoms with Crippen molar-refractivity contribution in [3.05, 3.63) is 35.4 Å². The van der Waals surface area contributed by atoms with E-state index in [0.717, 1.165) is 5.92 Å². The molecule has 0 spiro atoms. The van der Waals surface area contributed by atoms with Gasteiger partial charge in [0.15, 0.2) is 0 Å². The number of benzene rings is 1. The van der Waals surface area contributed by atoms with Crippen molar-refractivity contribution in [2.75, 3.05) is 0 Å². The highest BCUT2D eigenvalue weighted by atomic mass is 16.1. The van der Waals surface area contributed by atoms with Crippen LogP contribution < -0.4 is 5.32 Å². The van der Waals surface area contributed by atoms with Crippen molar-refractivity contribution in [3.63, 3.8) is 0 Å². The molecular formula is C18H27NO. The van der Waals surface area contributed by atoms with Crippen LogP contribution in [0.5, 0.6) is 0 Å². The molecule has 20 heavy (non-hydrogen) atoms. The van der Waals surface area contributed by atoms with Crippen LogP contribution in [0, 0.1) is 5.92 Å². The molecule has 0 bridgehead atoms. The summed E-state index contributed by atoms with van der Waals surface area (Å²) in [5.41, 5.74) is 2.69. The molecule has 1 amide bonds. The second kappa shape index (κ2) is 6.92. The van der Waals surface area contributed by atoms with Crippen LogP contribution >= 0.6 is 0 Å². The van der Waals surface area contributed by atoms with E-state index < -0.39 is 0 Å². The van der Waals surface area contributed by atoms with Gasteiger partial charge in [0.2, 0.25) is 5.91 Å². The summed E-state index contributed by atoms with van der Waals surface area (Å²) in [6.07, 6.45) is 6.80. The molecule has 1 aliphatic rings. The summed E-state index contributed by atoms with van der Waals surface area (Å²) >= 11 is 0. The second-order valence-electron chi connectivity index (χ2n) is 6.42. The number of nitrogens with one attached hydrogen (secondary N) is 1. The largest absolute Gasteiger partial charge is 0.349 e. The fourth-order valence-corrected chi connectivity index (χ4v) is 3.27. The Labute approximate surface area is 123 Å². The van der Waals surface area contributed by atoms with Crippen LogP contribution in [0.15, 0.2) is 24.3 Å². The van der Waals surface area contributed by atoms with Crippen LogP contribution in [0.3, 0.4) is 0 Å². The highest BCUT2D eigenvalue weighted by molar-refractivity contribution is 5.73. The minimum atomic E-state index is 0.0417. The Morgan fingerprint density at radius 2 is 1.70 bits per heavy atom. The van der Waals surface area contributed by atoms with E-state index in [2.05, 4.69) is 43.4 Å². The van der Waals surface area contributed by atoms with Crippen LogP contribution in [-0.4, -0.2) is 5.91 Å². The van der Waals surface area contributed by atoms with Gasteiger partial charge >= 0.3 is 0 Å². The lowest BCUT2D eigenvalue weighted by atomic mass is 9.83. The predicted octanol–water partition coefficient (Wildman–Crippen LogP) is 4.57. The van der Waals surface area contributed by atoms with Gasteiger partial charge in [-0.15, -0.1) is 0 Å². The fraction of sp³-hybridized carbons (Fsp3) is 0.611. The number of hydrogen-bond donors (Lipinski definition) is 1. The summed E-state index contributed by atoms with van der Waals surface area (Å²) in [4.78, 5) is 11.3. The molecule has 0 aliphatic heterocycles. The van der Waals surface area contributed by atoms with Gasteiger partial charge in [-0.2, -0.15) is 0 Å². The van der Waals surface area contributed by atoms with E-state index in [4.69, 9.17) is 0 Å². The first-order valence-corrected chi connectivity index (χ1v) is 7.95. The molecule has 0 heterocycles. The summed E-state index contributed by atoms with van der Waals surface area (Å²) < 4.78 is 0. The van der Waals surface area contributed by atoms with Crippen molar-refractivity contribution >= 4 is 5.91 Å². The second-order valence-corrected chi connectivity index (χ2v) is 6.42. The van der Waals surface area contributed by atoms with E-state index in [0.29, 0.717) is 5.92 Å². The normalized spacial score (nSPS) is 18.0. The summed E-state index contributed by atoms with van der Waals surface area (Å²) in [5.74, 6) is 1.19. The van der Waals surface area contributed by atoms with E-state index in [1.54, 1.807) is 6.92 Å². The minimum absolute atomic E-state index is 0.0417. The first kappa shape index (κ1) is 15.1. The zero-order chi connectivity index (χ0) is 14.5. The number of amides is 1. The first-order valence-electron chi connectivity index (χ1n) is 7.95. The lowest BCUT2D eigenvalue weighted by molar-refractivity contribution is -0.120. The third-order valence-corrected chi connectivity index (χ3v) is 4.40. The standard InChI is InChI=1S/C18H27NO/c1-13(2)18(19-14(3)20)17-11-9-16(10-12-17)15-7-5-4-6-8-15/h9-13,15,18H,4-8H2,1-3H3,(H,19,20). The predicted molar refractivity (Wildman–Crippen MR) is 83.7 cm³/mol. The van der Waals surface area contributed by atoms with Crippen molar-refractivity contribution in [1.29, 1.82) is 0 Å². The Morgan fingerprint density at radius 1 is 1.10 bits per heavy atom. The molecule has 1 N–H and O–H groups in total. The number of hydrogen-bond acceptors (Lipinski definition) is 1. The maximum Gasteiger partial charge on any atom is 0.217 e. The third-order valence-electron chi connectivity index (χ3n) is 4.40. The summed E-state index contributed by atoms with van der Waals surface area (Å²) in [6.45, 7) is 5.89. The monoisotopic (exact) mass is 273 g/mol. The van der Waals surface area contributed by atoms with Crippen LogP contribution in [-0.2, 0) is 4.79 Å². The van der Waals surface area contributed by atoms with Crippen molar-refractivity contribution in [2.45, 2.75) is 64.8 Å². The van der Waals surface area contributed by atoms with Gasteiger partial charge in [0.05, 0.1) is 6.04 Å². The molecule has 2 rings (SSSR count). The molecule has 1 aliphatic carbocycles. The van der Waals surface area contributed by atoms with Crippen molar-refractivity contribution in [3.8, 4) is 0 Å². The van der Waals surface area contributed by atoms with Crippen LogP contribution in [0.4, 0.5) is 0 Å². The third kappa shape index (κ3) is 3.84. The lowest BCUT2D eigenvalue weighted by Gasteiger charge is -2.25. The van der Waals surface area contributed by atoms with E-state index in [1.165, 1.54) is 43.2 Å². The summed E-state index contributed by atoms with van der Waals surface area (Å²) in [7, 11) is 0. The molecular weight excluding hydrogens is 246 g/mol. The maximum atomic E-state index is 11.3. The van der Waals surface area contributed by atoms with Gasteiger partial charge in [0.25, 0.3) is 0 Å². The van der Waals surface area contributed by atoms with E-state index in [-0.39, 0.29) is 11.9 Å². The van der Waals surface area contributed by atoms with Gasteiger partial charge in [-0.25, -0.2) is 0 Å². The first-order chi connectivity index (χ1) is 9.58. The minimum Gasteiger partial charge on any atom is -0.349 e. The molecule has 0 radical (unpaired) electrons. The smallest absolute Gasteiger partial charge is 0.217 e. The lowest BCUT2D eigenvalue weighted by Crippen LogP contribution is -2.29. The molecule has 110 valence electrons. The Kier molecular flexibility index (Phi) is 5.22. The highest BCUT2D eigenvalue weighted by Gasteiger charge is 2.19. The van der Waals surface area contributed by atoms with Crippen molar-refractivity contribution < 1.29 is 4.79 Å². The number of carbonyl (C=O) groups is 1. The number of carbonyl (C=O) groups excluding carboxylic acids is 1. The average Bonchev–Trinajstić information content (AvgIpc) is 2.45. The molecule has 1 unspecified atom stereocenters. The van der Waals surface area contributed by atoms with Crippen LogP contribution in [0.2, 0.25) is 0 Å². The van der Waals surface area contributed by atoms with Gasteiger partial charge in [-0.3, -0.25) is 4.79 Å². The van der Waals surface area contributed by atoms with Crippen LogP contribution in [0.25, 0.3) is 0 Å². The Hall–Kier alpha value is -1.31. The molecule has 1 aromatic carbocycles. The molecule has 1 fully saturated rings. The van der Waals surface area contributed by atoms with Crippen molar-refractivity contribution in [1.82, 2.24) is 5.32 Å². The Balaban J connectivity index is 2.10. The molecule has 1 aromatic rings. The Bertz CT molecular complexity index is 429. The van der Waals surface area contributed by atoms with E-state index in [1.807, 2.05) is 0 Å². The molecule has 2 nitrogen and oxygen atoms in total. The zero-order valence-corrected chi connectivity index (χ0v) is 13.0. The molecule has 1 saturated carbocycles. The highest BCUT2D eigenvalue weighted by Crippen LogP contribution is 2.33. The number of rotatable bonds is 4. The van der Waals surface area contributed by atoms with Gasteiger partial charge in [-0.05, 0) is 35.8 Å². The summed E-state index contributed by atoms with van der Waals surface area (Å²) in [6, 6.07) is 9.05. The van der Waals surface area contributed by atoms with Gasteiger partial charge in [0, 0.05) is 6.92 Å². The molecule has 0 aromatic heterocycles. The van der Waals surface area contributed by atoms with Gasteiger partial charge < -0.3 is 5.32 Å². The molecule has 2 heteroatoms. The van der Waals surface area contributed by atoms with Crippen LogP contribution in [0.1, 0.15) is 76.0 Å². The van der Waals surface area contributed by atoms with Gasteiger partial charge in [-0.1, -0.05) is 57.4 Å². The maximum absolute atomic E-state index is 11.3. The summed E-state index contributed by atoms with van der Waals surface area (Å²) in [5, 5.41) is 3.06. The topological polar surface area (TPSA) is 29.1 Å². The average molecular weight is 273 g/mol. The SMILES string of the molecule is CC(=O)NC(c1ccc(C2CCCCC2)cc1)C(C)C. The fourth-order valence-electron chi connectivity index (χ4n) is 3.27.